The first kappa shape index (κ1) is 10.4. The molecule has 0 amide bonds. The predicted octanol–water partition coefficient (Wildman–Crippen LogP) is 4.54. The zero-order valence-electron chi connectivity index (χ0n) is 10.7. The summed E-state index contributed by atoms with van der Waals surface area (Å²) in [4.78, 5) is 0. The molecule has 4 fully saturated rings. The van der Waals surface area contributed by atoms with Crippen LogP contribution in [0.15, 0.2) is 0 Å². The molecule has 2 atom stereocenters. The van der Waals surface area contributed by atoms with Crippen LogP contribution in [0.25, 0.3) is 0 Å². The van der Waals surface area contributed by atoms with E-state index in [4.69, 9.17) is 0 Å². The second-order valence-corrected chi connectivity index (χ2v) is 13.6. The summed E-state index contributed by atoms with van der Waals surface area (Å²) in [5.74, 6) is 3.48. The van der Waals surface area contributed by atoms with Gasteiger partial charge in [-0.3, -0.25) is 0 Å². The zero-order chi connectivity index (χ0) is 10.7. The van der Waals surface area contributed by atoms with Crippen LogP contribution in [0.2, 0.25) is 25.7 Å². The maximum absolute atomic E-state index is 2.54. The standard InChI is InChI=1S/C14H26Si/c1-15(2,3)5-4-14-9-11-6-12(10-14)8-13(14)7-11/h11-13H,4-10H2,1-3H3. The zero-order valence-corrected chi connectivity index (χ0v) is 11.7. The van der Waals surface area contributed by atoms with Crippen molar-refractivity contribution in [2.75, 3.05) is 0 Å². The van der Waals surface area contributed by atoms with Gasteiger partial charge in [0.05, 0.1) is 0 Å². The van der Waals surface area contributed by atoms with Crippen LogP contribution in [0.4, 0.5) is 0 Å². The molecular weight excluding hydrogens is 196 g/mol. The molecule has 4 aliphatic carbocycles. The fraction of sp³-hybridized carbons (Fsp3) is 1.00. The lowest BCUT2D eigenvalue weighted by Gasteiger charge is -2.34. The van der Waals surface area contributed by atoms with Crippen molar-refractivity contribution in [3.8, 4) is 0 Å². The highest BCUT2D eigenvalue weighted by Gasteiger charge is 2.57. The highest BCUT2D eigenvalue weighted by Crippen LogP contribution is 2.67. The molecule has 0 saturated heterocycles. The van der Waals surface area contributed by atoms with E-state index in [0.717, 1.165) is 23.2 Å². The minimum absolute atomic E-state index is 0.797. The van der Waals surface area contributed by atoms with E-state index in [-0.39, 0.29) is 0 Å². The summed E-state index contributed by atoms with van der Waals surface area (Å²) < 4.78 is 0. The Morgan fingerprint density at radius 3 is 2.13 bits per heavy atom. The SMILES string of the molecule is C[Si](C)(C)CCC12CC3CC(CC1C3)C2. The Balaban J connectivity index is 1.70. The number of hydrogen-bond acceptors (Lipinski definition) is 0. The lowest BCUT2D eigenvalue weighted by Crippen LogP contribution is -2.28. The van der Waals surface area contributed by atoms with Gasteiger partial charge in [-0.25, -0.2) is 0 Å². The average Bonchev–Trinajstić information content (AvgIpc) is 2.48. The molecule has 0 spiro atoms. The molecule has 0 aromatic rings. The van der Waals surface area contributed by atoms with E-state index >= 15 is 0 Å². The molecule has 4 bridgehead atoms. The third-order valence-corrected chi connectivity index (χ3v) is 7.28. The van der Waals surface area contributed by atoms with Crippen LogP contribution in [-0.2, 0) is 0 Å². The predicted molar refractivity (Wildman–Crippen MR) is 68.8 cm³/mol. The molecular formula is C14H26Si. The summed E-state index contributed by atoms with van der Waals surface area (Å²) in [7, 11) is -0.797. The molecule has 0 N–H and O–H groups in total. The van der Waals surface area contributed by atoms with Crippen LogP contribution in [0, 0.1) is 23.2 Å². The highest BCUT2D eigenvalue weighted by molar-refractivity contribution is 6.76. The van der Waals surface area contributed by atoms with Crippen molar-refractivity contribution in [1.29, 1.82) is 0 Å². The molecule has 0 aliphatic heterocycles. The first-order chi connectivity index (χ1) is 6.97. The van der Waals surface area contributed by atoms with Crippen molar-refractivity contribution in [1.82, 2.24) is 0 Å². The maximum atomic E-state index is 2.54. The lowest BCUT2D eigenvalue weighted by atomic mass is 9.74. The Kier molecular flexibility index (Phi) is 2.16. The fourth-order valence-corrected chi connectivity index (χ4v) is 6.24. The van der Waals surface area contributed by atoms with Crippen molar-refractivity contribution in [3.05, 3.63) is 0 Å². The van der Waals surface area contributed by atoms with Crippen LogP contribution in [-0.4, -0.2) is 8.07 Å². The van der Waals surface area contributed by atoms with Crippen molar-refractivity contribution in [2.45, 2.75) is 64.2 Å². The highest BCUT2D eigenvalue weighted by atomic mass is 28.3. The smallest absolute Gasteiger partial charge is 0.0442 e. The Morgan fingerprint density at radius 2 is 1.60 bits per heavy atom. The number of rotatable bonds is 3. The molecule has 1 heteroatoms. The van der Waals surface area contributed by atoms with Gasteiger partial charge in [-0.1, -0.05) is 25.7 Å². The van der Waals surface area contributed by atoms with Gasteiger partial charge in [-0.2, -0.15) is 0 Å². The van der Waals surface area contributed by atoms with Gasteiger partial charge in [0.1, 0.15) is 0 Å². The van der Waals surface area contributed by atoms with Crippen LogP contribution in [0.5, 0.6) is 0 Å². The monoisotopic (exact) mass is 222 g/mol. The summed E-state index contributed by atoms with van der Waals surface area (Å²) in [6.45, 7) is 7.63. The molecule has 4 saturated carbocycles. The van der Waals surface area contributed by atoms with Crippen LogP contribution < -0.4 is 0 Å². The van der Waals surface area contributed by atoms with Gasteiger partial charge in [-0.05, 0) is 61.7 Å². The summed E-state index contributed by atoms with van der Waals surface area (Å²) in [5.41, 5.74) is 0.869. The Bertz CT molecular complexity index is 249. The van der Waals surface area contributed by atoms with Gasteiger partial charge in [0.15, 0.2) is 0 Å². The molecule has 15 heavy (non-hydrogen) atoms. The molecule has 0 aromatic heterocycles. The summed E-state index contributed by atoms with van der Waals surface area (Å²) in [6, 6.07) is 1.59. The van der Waals surface area contributed by atoms with E-state index in [1.54, 1.807) is 44.6 Å². The van der Waals surface area contributed by atoms with E-state index in [2.05, 4.69) is 19.6 Å². The van der Waals surface area contributed by atoms with Crippen molar-refractivity contribution < 1.29 is 0 Å². The maximum Gasteiger partial charge on any atom is 0.0442 e. The van der Waals surface area contributed by atoms with E-state index in [9.17, 15) is 0 Å². The second kappa shape index (κ2) is 3.12. The molecule has 0 radical (unpaired) electrons. The van der Waals surface area contributed by atoms with Gasteiger partial charge in [0.25, 0.3) is 0 Å². The average molecular weight is 222 g/mol. The Morgan fingerprint density at radius 1 is 1.00 bits per heavy atom. The van der Waals surface area contributed by atoms with Gasteiger partial charge in [0, 0.05) is 8.07 Å². The van der Waals surface area contributed by atoms with Crippen molar-refractivity contribution >= 4 is 8.07 Å². The van der Waals surface area contributed by atoms with Crippen LogP contribution >= 0.6 is 0 Å². The van der Waals surface area contributed by atoms with Crippen LogP contribution in [0.1, 0.15) is 38.5 Å². The van der Waals surface area contributed by atoms with Gasteiger partial charge in [0.2, 0.25) is 0 Å². The third-order valence-electron chi connectivity index (χ3n) is 5.53. The van der Waals surface area contributed by atoms with Crippen molar-refractivity contribution in [3.63, 3.8) is 0 Å². The molecule has 86 valence electrons. The normalized spacial score (nSPS) is 47.8. The van der Waals surface area contributed by atoms with E-state index in [1.165, 1.54) is 0 Å². The molecule has 0 aromatic carbocycles. The molecule has 4 rings (SSSR count). The second-order valence-electron chi connectivity index (χ2n) is 7.97. The Labute approximate surface area is 95.8 Å². The minimum Gasteiger partial charge on any atom is -0.0695 e. The summed E-state index contributed by atoms with van der Waals surface area (Å²) in [5, 5.41) is 0. The van der Waals surface area contributed by atoms with Gasteiger partial charge >= 0.3 is 0 Å². The molecule has 0 heterocycles. The van der Waals surface area contributed by atoms with E-state index in [0.29, 0.717) is 0 Å². The van der Waals surface area contributed by atoms with Gasteiger partial charge < -0.3 is 0 Å². The first-order valence-corrected chi connectivity index (χ1v) is 10.7. The first-order valence-electron chi connectivity index (χ1n) is 6.97. The lowest BCUT2D eigenvalue weighted by molar-refractivity contribution is 0.192. The minimum atomic E-state index is -0.797. The van der Waals surface area contributed by atoms with E-state index in [1.807, 2.05) is 0 Å². The van der Waals surface area contributed by atoms with Crippen LogP contribution in [0.3, 0.4) is 0 Å². The quantitative estimate of drug-likeness (QED) is 0.615. The topological polar surface area (TPSA) is 0 Å². The number of hydrogen-bond donors (Lipinski definition) is 0. The largest absolute Gasteiger partial charge is 0.0695 e. The van der Waals surface area contributed by atoms with Gasteiger partial charge in [-0.15, -0.1) is 0 Å². The summed E-state index contributed by atoms with van der Waals surface area (Å²) >= 11 is 0. The fourth-order valence-electron chi connectivity index (χ4n) is 5.00. The van der Waals surface area contributed by atoms with Crippen molar-refractivity contribution in [2.24, 2.45) is 23.2 Å². The molecule has 0 nitrogen and oxygen atoms in total. The summed E-state index contributed by atoms with van der Waals surface area (Å²) in [6.07, 6.45) is 9.67. The molecule has 2 unspecified atom stereocenters. The molecule has 4 aliphatic rings. The third kappa shape index (κ3) is 1.71. The Hall–Kier alpha value is 0.217. The van der Waals surface area contributed by atoms with E-state index < -0.39 is 8.07 Å².